The number of hydrogen-bond acceptors (Lipinski definition) is 3. The van der Waals surface area contributed by atoms with Crippen molar-refractivity contribution in [2.24, 2.45) is 0 Å². The predicted octanol–water partition coefficient (Wildman–Crippen LogP) is 3.89. The number of phenols is 1. The number of halogens is 2. The Kier molecular flexibility index (Phi) is 4.17. The van der Waals surface area contributed by atoms with Crippen molar-refractivity contribution >= 4 is 23.2 Å². The molecule has 0 aliphatic heterocycles. The SMILES string of the molecule is Cc1ccc(CNCc2cc(Cl)cc(Cl)c2O)o1. The molecule has 0 bridgehead atoms. The molecule has 1 aromatic heterocycles. The first kappa shape index (κ1) is 13.3. The summed E-state index contributed by atoms with van der Waals surface area (Å²) < 4.78 is 5.42. The molecule has 0 spiro atoms. The number of phenolic OH excluding ortho intramolecular Hbond substituents is 1. The molecule has 0 fully saturated rings. The Hall–Kier alpha value is -1.16. The van der Waals surface area contributed by atoms with Crippen molar-refractivity contribution in [2.75, 3.05) is 0 Å². The number of hydrogen-bond donors (Lipinski definition) is 2. The molecule has 0 unspecified atom stereocenters. The molecule has 96 valence electrons. The van der Waals surface area contributed by atoms with Crippen LogP contribution in [0.2, 0.25) is 10.0 Å². The molecule has 0 atom stereocenters. The molecule has 0 aliphatic carbocycles. The van der Waals surface area contributed by atoms with Gasteiger partial charge in [0.25, 0.3) is 0 Å². The number of aromatic hydroxyl groups is 1. The largest absolute Gasteiger partial charge is 0.506 e. The lowest BCUT2D eigenvalue weighted by atomic mass is 10.2. The van der Waals surface area contributed by atoms with Gasteiger partial charge in [-0.1, -0.05) is 23.2 Å². The zero-order valence-corrected chi connectivity index (χ0v) is 11.3. The summed E-state index contributed by atoms with van der Waals surface area (Å²) in [5.74, 6) is 1.78. The van der Waals surface area contributed by atoms with E-state index in [9.17, 15) is 5.11 Å². The Labute approximate surface area is 115 Å². The molecule has 0 saturated carbocycles. The van der Waals surface area contributed by atoms with Gasteiger partial charge < -0.3 is 14.8 Å². The average Bonchev–Trinajstić information content (AvgIpc) is 2.71. The number of aryl methyl sites for hydroxylation is 1. The van der Waals surface area contributed by atoms with Crippen LogP contribution in [0.3, 0.4) is 0 Å². The molecular weight excluding hydrogens is 273 g/mol. The van der Waals surface area contributed by atoms with Gasteiger partial charge in [-0.05, 0) is 31.2 Å². The molecule has 0 aliphatic rings. The minimum atomic E-state index is 0.0594. The van der Waals surface area contributed by atoms with Crippen molar-refractivity contribution < 1.29 is 9.52 Å². The topological polar surface area (TPSA) is 45.4 Å². The van der Waals surface area contributed by atoms with Gasteiger partial charge in [0, 0.05) is 17.1 Å². The molecular formula is C13H13Cl2NO2. The van der Waals surface area contributed by atoms with Crippen LogP contribution in [0.1, 0.15) is 17.1 Å². The maximum atomic E-state index is 9.77. The lowest BCUT2D eigenvalue weighted by molar-refractivity contribution is 0.449. The van der Waals surface area contributed by atoms with E-state index in [1.54, 1.807) is 6.07 Å². The second-order valence-electron chi connectivity index (χ2n) is 4.01. The minimum Gasteiger partial charge on any atom is -0.506 e. The van der Waals surface area contributed by atoms with Crippen LogP contribution in [0, 0.1) is 6.92 Å². The zero-order valence-electron chi connectivity index (χ0n) is 9.84. The Morgan fingerprint density at radius 1 is 1.22 bits per heavy atom. The molecule has 0 radical (unpaired) electrons. The van der Waals surface area contributed by atoms with Crippen LogP contribution < -0.4 is 5.32 Å². The highest BCUT2D eigenvalue weighted by atomic mass is 35.5. The lowest BCUT2D eigenvalue weighted by Crippen LogP contribution is -2.12. The van der Waals surface area contributed by atoms with Crippen molar-refractivity contribution in [1.82, 2.24) is 5.32 Å². The minimum absolute atomic E-state index is 0.0594. The van der Waals surface area contributed by atoms with Crippen LogP contribution in [0.25, 0.3) is 0 Å². The molecule has 3 nitrogen and oxygen atoms in total. The number of nitrogens with one attached hydrogen (secondary N) is 1. The standard InChI is InChI=1S/C13H13Cl2NO2/c1-8-2-3-11(18-8)7-16-6-9-4-10(14)5-12(15)13(9)17/h2-5,16-17H,6-7H2,1H3. The molecule has 2 N–H and O–H groups in total. The monoisotopic (exact) mass is 285 g/mol. The van der Waals surface area contributed by atoms with Gasteiger partial charge in [-0.15, -0.1) is 0 Å². The molecule has 5 heteroatoms. The summed E-state index contributed by atoms with van der Waals surface area (Å²) in [6, 6.07) is 7.01. The smallest absolute Gasteiger partial charge is 0.138 e. The van der Waals surface area contributed by atoms with E-state index in [4.69, 9.17) is 27.6 Å². The third-order valence-electron chi connectivity index (χ3n) is 2.52. The van der Waals surface area contributed by atoms with Gasteiger partial charge in [-0.25, -0.2) is 0 Å². The van der Waals surface area contributed by atoms with Gasteiger partial charge in [-0.2, -0.15) is 0 Å². The average molecular weight is 286 g/mol. The summed E-state index contributed by atoms with van der Waals surface area (Å²) >= 11 is 11.7. The molecule has 18 heavy (non-hydrogen) atoms. The Bertz CT molecular complexity index is 552. The maximum Gasteiger partial charge on any atom is 0.138 e. The van der Waals surface area contributed by atoms with Gasteiger partial charge in [0.15, 0.2) is 0 Å². The van der Waals surface area contributed by atoms with E-state index in [2.05, 4.69) is 5.32 Å². The number of rotatable bonds is 4. The summed E-state index contributed by atoms with van der Waals surface area (Å²) in [4.78, 5) is 0. The fraction of sp³-hybridized carbons (Fsp3) is 0.231. The van der Waals surface area contributed by atoms with Crippen LogP contribution in [0.5, 0.6) is 5.75 Å². The molecule has 2 aromatic rings. The van der Waals surface area contributed by atoms with Crippen molar-refractivity contribution in [1.29, 1.82) is 0 Å². The Morgan fingerprint density at radius 3 is 2.67 bits per heavy atom. The zero-order chi connectivity index (χ0) is 13.1. The normalized spacial score (nSPS) is 10.8. The van der Waals surface area contributed by atoms with E-state index >= 15 is 0 Å². The molecule has 1 aromatic carbocycles. The van der Waals surface area contributed by atoms with Crippen LogP contribution in [-0.4, -0.2) is 5.11 Å². The second-order valence-corrected chi connectivity index (χ2v) is 4.85. The van der Waals surface area contributed by atoms with Gasteiger partial charge in [0.05, 0.1) is 11.6 Å². The molecule has 2 rings (SSSR count). The van der Waals surface area contributed by atoms with Crippen molar-refractivity contribution in [3.63, 3.8) is 0 Å². The Balaban J connectivity index is 1.98. The summed E-state index contributed by atoms with van der Waals surface area (Å²) in [6.07, 6.45) is 0. The van der Waals surface area contributed by atoms with Crippen molar-refractivity contribution in [3.8, 4) is 5.75 Å². The second kappa shape index (κ2) is 5.65. The summed E-state index contributed by atoms with van der Waals surface area (Å²) in [6.45, 7) is 2.94. The Morgan fingerprint density at radius 2 is 2.00 bits per heavy atom. The summed E-state index contributed by atoms with van der Waals surface area (Å²) in [5.41, 5.74) is 0.663. The van der Waals surface area contributed by atoms with E-state index in [1.807, 2.05) is 19.1 Å². The number of benzene rings is 1. The van der Waals surface area contributed by atoms with Crippen LogP contribution in [0.4, 0.5) is 0 Å². The van der Waals surface area contributed by atoms with E-state index in [-0.39, 0.29) is 10.8 Å². The molecule has 0 amide bonds. The van der Waals surface area contributed by atoms with Crippen molar-refractivity contribution in [3.05, 3.63) is 51.4 Å². The van der Waals surface area contributed by atoms with Crippen LogP contribution in [0.15, 0.2) is 28.7 Å². The van der Waals surface area contributed by atoms with E-state index in [1.165, 1.54) is 6.07 Å². The highest BCUT2D eigenvalue weighted by Crippen LogP contribution is 2.30. The first-order chi connectivity index (χ1) is 8.56. The van der Waals surface area contributed by atoms with Gasteiger partial charge in [-0.3, -0.25) is 0 Å². The van der Waals surface area contributed by atoms with E-state index in [0.29, 0.717) is 23.7 Å². The maximum absolute atomic E-state index is 9.77. The van der Waals surface area contributed by atoms with Crippen LogP contribution >= 0.6 is 23.2 Å². The molecule has 1 heterocycles. The lowest BCUT2D eigenvalue weighted by Gasteiger charge is -2.08. The van der Waals surface area contributed by atoms with Crippen molar-refractivity contribution in [2.45, 2.75) is 20.0 Å². The highest BCUT2D eigenvalue weighted by molar-refractivity contribution is 6.35. The quantitative estimate of drug-likeness (QED) is 0.896. The van der Waals surface area contributed by atoms with E-state index < -0.39 is 0 Å². The predicted molar refractivity (Wildman–Crippen MR) is 72.1 cm³/mol. The van der Waals surface area contributed by atoms with Gasteiger partial charge in [0.1, 0.15) is 17.3 Å². The fourth-order valence-electron chi connectivity index (χ4n) is 1.65. The summed E-state index contributed by atoms with van der Waals surface area (Å²) in [5, 5.41) is 13.7. The first-order valence-corrected chi connectivity index (χ1v) is 6.25. The third-order valence-corrected chi connectivity index (χ3v) is 3.02. The highest BCUT2D eigenvalue weighted by Gasteiger charge is 2.08. The van der Waals surface area contributed by atoms with Crippen LogP contribution in [-0.2, 0) is 13.1 Å². The summed E-state index contributed by atoms with van der Waals surface area (Å²) in [7, 11) is 0. The third kappa shape index (κ3) is 3.19. The fourth-order valence-corrected chi connectivity index (χ4v) is 2.19. The molecule has 0 saturated heterocycles. The van der Waals surface area contributed by atoms with Gasteiger partial charge >= 0.3 is 0 Å². The van der Waals surface area contributed by atoms with Gasteiger partial charge in [0.2, 0.25) is 0 Å². The van der Waals surface area contributed by atoms with E-state index in [0.717, 1.165) is 11.5 Å². The number of furan rings is 1. The first-order valence-electron chi connectivity index (χ1n) is 5.49.